The average molecular weight is 389 g/mol. The Labute approximate surface area is 175 Å². The van der Waals surface area contributed by atoms with Crippen LogP contribution in [0.5, 0.6) is 0 Å². The molecule has 0 nitrogen and oxygen atoms in total. The van der Waals surface area contributed by atoms with Gasteiger partial charge in [0.1, 0.15) is 0 Å². The van der Waals surface area contributed by atoms with Gasteiger partial charge in [-0.15, -0.1) is 0 Å². The second-order valence-corrected chi connectivity index (χ2v) is 8.99. The third kappa shape index (κ3) is 4.05. The molecule has 3 rings (SSSR count). The second-order valence-electron chi connectivity index (χ2n) is 8.01. The molecule has 0 spiro atoms. The van der Waals surface area contributed by atoms with Crippen LogP contribution in [-0.4, -0.2) is 12.0 Å². The highest BCUT2D eigenvalue weighted by atomic mass is 32.2. The first kappa shape index (κ1) is 20.7. The minimum absolute atomic E-state index is 0.00459. The molecule has 0 aromatic heterocycles. The summed E-state index contributed by atoms with van der Waals surface area (Å²) in [7, 11) is 0. The predicted octanol–water partition coefficient (Wildman–Crippen LogP) is 7.48. The van der Waals surface area contributed by atoms with E-state index in [-0.39, 0.29) is 10.8 Å². The molecule has 28 heavy (non-hydrogen) atoms. The summed E-state index contributed by atoms with van der Waals surface area (Å²) in [6.07, 6.45) is 5.87. The molecule has 0 heterocycles. The van der Waals surface area contributed by atoms with E-state index in [1.54, 1.807) is 0 Å². The Bertz CT molecular complexity index is 786. The topological polar surface area (TPSA) is 0 Å². The van der Waals surface area contributed by atoms with Crippen molar-refractivity contribution in [2.24, 2.45) is 0 Å². The maximum Gasteiger partial charge on any atom is 0.0268 e. The summed E-state index contributed by atoms with van der Waals surface area (Å²) in [6, 6.07) is 33.3. The van der Waals surface area contributed by atoms with Crippen LogP contribution >= 0.6 is 11.8 Å². The number of hydrogen-bond acceptors (Lipinski definition) is 1. The van der Waals surface area contributed by atoms with Crippen molar-refractivity contribution >= 4 is 11.8 Å². The minimum Gasteiger partial charge on any atom is -0.165 e. The SMILES string of the molecule is CSCCCCC(C)(c1ccccc1)C(C)(c1ccccc1)c1ccccc1. The summed E-state index contributed by atoms with van der Waals surface area (Å²) < 4.78 is 0. The van der Waals surface area contributed by atoms with Gasteiger partial charge in [0.25, 0.3) is 0 Å². The third-order valence-corrected chi connectivity index (χ3v) is 7.19. The fraction of sp³-hybridized carbons (Fsp3) is 0.333. The zero-order valence-corrected chi connectivity index (χ0v) is 18.2. The standard InChI is InChI=1S/C27H32S/c1-26(21-13-14-22-28-3,23-15-7-4-8-16-23)27(2,24-17-9-5-10-18-24)25-19-11-6-12-20-25/h4-12,15-20H,13-14,21-22H2,1-3H3. The van der Waals surface area contributed by atoms with Crippen LogP contribution in [0.3, 0.4) is 0 Å². The van der Waals surface area contributed by atoms with E-state index in [9.17, 15) is 0 Å². The van der Waals surface area contributed by atoms with Crippen molar-refractivity contribution in [3.8, 4) is 0 Å². The van der Waals surface area contributed by atoms with E-state index in [4.69, 9.17) is 0 Å². The molecule has 146 valence electrons. The molecule has 0 bridgehead atoms. The normalized spacial score (nSPS) is 13.8. The maximum atomic E-state index is 2.47. The van der Waals surface area contributed by atoms with Crippen LogP contribution in [0.25, 0.3) is 0 Å². The third-order valence-electron chi connectivity index (χ3n) is 6.49. The van der Waals surface area contributed by atoms with Gasteiger partial charge in [-0.05, 0) is 41.5 Å². The number of rotatable bonds is 9. The van der Waals surface area contributed by atoms with Crippen LogP contribution in [0.15, 0.2) is 91.0 Å². The first-order valence-corrected chi connectivity index (χ1v) is 11.7. The first-order chi connectivity index (χ1) is 13.6. The Morgan fingerprint density at radius 3 is 1.46 bits per heavy atom. The van der Waals surface area contributed by atoms with Crippen molar-refractivity contribution in [1.29, 1.82) is 0 Å². The summed E-state index contributed by atoms with van der Waals surface area (Å²) in [5.74, 6) is 1.23. The van der Waals surface area contributed by atoms with Gasteiger partial charge in [0.05, 0.1) is 0 Å². The van der Waals surface area contributed by atoms with Crippen molar-refractivity contribution in [2.45, 2.75) is 43.9 Å². The lowest BCUT2D eigenvalue weighted by Crippen LogP contribution is -2.46. The van der Waals surface area contributed by atoms with Gasteiger partial charge in [-0.3, -0.25) is 0 Å². The smallest absolute Gasteiger partial charge is 0.0268 e. The molecule has 0 saturated carbocycles. The zero-order chi connectivity index (χ0) is 19.9. The molecular weight excluding hydrogens is 356 g/mol. The van der Waals surface area contributed by atoms with Crippen LogP contribution in [0.1, 0.15) is 49.8 Å². The van der Waals surface area contributed by atoms with Crippen LogP contribution in [0.4, 0.5) is 0 Å². The van der Waals surface area contributed by atoms with Gasteiger partial charge in [0.15, 0.2) is 0 Å². The van der Waals surface area contributed by atoms with Crippen molar-refractivity contribution in [2.75, 3.05) is 12.0 Å². The molecule has 0 amide bonds. The van der Waals surface area contributed by atoms with Gasteiger partial charge in [-0.2, -0.15) is 11.8 Å². The summed E-state index contributed by atoms with van der Waals surface area (Å²) in [6.45, 7) is 4.92. The van der Waals surface area contributed by atoms with Gasteiger partial charge >= 0.3 is 0 Å². The number of benzene rings is 3. The second kappa shape index (κ2) is 9.47. The monoisotopic (exact) mass is 388 g/mol. The minimum atomic E-state index is -0.115. The van der Waals surface area contributed by atoms with Crippen LogP contribution in [0.2, 0.25) is 0 Å². The quantitative estimate of drug-likeness (QED) is 0.342. The van der Waals surface area contributed by atoms with Crippen LogP contribution in [-0.2, 0) is 10.8 Å². The first-order valence-electron chi connectivity index (χ1n) is 10.3. The fourth-order valence-corrected chi connectivity index (χ4v) is 5.05. The van der Waals surface area contributed by atoms with Gasteiger partial charge in [0, 0.05) is 10.8 Å². The van der Waals surface area contributed by atoms with E-state index < -0.39 is 0 Å². The Morgan fingerprint density at radius 2 is 1.04 bits per heavy atom. The van der Waals surface area contributed by atoms with Crippen LogP contribution in [0, 0.1) is 0 Å². The van der Waals surface area contributed by atoms with E-state index >= 15 is 0 Å². The molecule has 0 aliphatic carbocycles. The Balaban J connectivity index is 2.17. The largest absolute Gasteiger partial charge is 0.165 e. The summed E-state index contributed by atoms with van der Waals surface area (Å²) in [5.41, 5.74) is 4.08. The van der Waals surface area contributed by atoms with Gasteiger partial charge in [0.2, 0.25) is 0 Å². The molecule has 0 N–H and O–H groups in total. The maximum absolute atomic E-state index is 2.47. The van der Waals surface area contributed by atoms with Gasteiger partial charge in [-0.1, -0.05) is 111 Å². The molecule has 1 heteroatoms. The van der Waals surface area contributed by atoms with Crippen molar-refractivity contribution < 1.29 is 0 Å². The number of thioether (sulfide) groups is 1. The van der Waals surface area contributed by atoms with Crippen molar-refractivity contribution in [1.82, 2.24) is 0 Å². The highest BCUT2D eigenvalue weighted by molar-refractivity contribution is 7.98. The zero-order valence-electron chi connectivity index (χ0n) is 17.4. The molecule has 0 aliphatic rings. The van der Waals surface area contributed by atoms with Crippen molar-refractivity contribution in [3.63, 3.8) is 0 Å². The molecule has 0 aliphatic heterocycles. The highest BCUT2D eigenvalue weighted by Gasteiger charge is 2.47. The lowest BCUT2D eigenvalue weighted by molar-refractivity contribution is 0.273. The number of hydrogen-bond donors (Lipinski definition) is 0. The molecule has 0 saturated heterocycles. The summed E-state index contributed by atoms with van der Waals surface area (Å²) in [4.78, 5) is 0. The Hall–Kier alpha value is -1.99. The van der Waals surface area contributed by atoms with Crippen LogP contribution < -0.4 is 0 Å². The Morgan fingerprint density at radius 1 is 0.607 bits per heavy atom. The average Bonchev–Trinajstić information content (AvgIpc) is 2.77. The van der Waals surface area contributed by atoms with E-state index in [1.165, 1.54) is 35.3 Å². The summed E-state index contributed by atoms with van der Waals surface area (Å²) in [5, 5.41) is 0. The lowest BCUT2D eigenvalue weighted by Gasteiger charge is -2.48. The number of unbranched alkanes of at least 4 members (excludes halogenated alkanes) is 1. The summed E-state index contributed by atoms with van der Waals surface area (Å²) >= 11 is 1.95. The molecule has 0 radical (unpaired) electrons. The predicted molar refractivity (Wildman–Crippen MR) is 125 cm³/mol. The van der Waals surface area contributed by atoms with E-state index in [0.29, 0.717) is 0 Å². The molecule has 1 atom stereocenters. The Kier molecular flexibility index (Phi) is 7.02. The fourth-order valence-electron chi connectivity index (χ4n) is 4.56. The van der Waals surface area contributed by atoms with Gasteiger partial charge in [-0.25, -0.2) is 0 Å². The van der Waals surface area contributed by atoms with Crippen molar-refractivity contribution in [3.05, 3.63) is 108 Å². The molecule has 3 aromatic rings. The van der Waals surface area contributed by atoms with E-state index in [2.05, 4.69) is 111 Å². The lowest BCUT2D eigenvalue weighted by atomic mass is 9.54. The molecule has 3 aromatic carbocycles. The molecule has 0 fully saturated rings. The molecule has 1 unspecified atom stereocenters. The van der Waals surface area contributed by atoms with E-state index in [1.807, 2.05) is 11.8 Å². The highest BCUT2D eigenvalue weighted by Crippen LogP contribution is 2.51. The van der Waals surface area contributed by atoms with Gasteiger partial charge < -0.3 is 0 Å². The van der Waals surface area contributed by atoms with E-state index in [0.717, 1.165) is 6.42 Å². The molecular formula is C27H32S.